The molecule has 0 aromatic carbocycles. The summed E-state index contributed by atoms with van der Waals surface area (Å²) in [5.74, 6) is 0.403. The van der Waals surface area contributed by atoms with E-state index in [1.54, 1.807) is 13.8 Å². The summed E-state index contributed by atoms with van der Waals surface area (Å²) in [4.78, 5) is 15.3. The van der Waals surface area contributed by atoms with E-state index in [9.17, 15) is 4.79 Å². The fourth-order valence-corrected chi connectivity index (χ4v) is 1.73. The number of rotatable bonds is 5. The molecule has 1 amide bonds. The summed E-state index contributed by atoms with van der Waals surface area (Å²) in [6.07, 6.45) is 1.87. The van der Waals surface area contributed by atoms with E-state index in [1.807, 2.05) is 0 Å². The highest BCUT2D eigenvalue weighted by atomic mass is 32.1. The molecule has 6 heteroatoms. The second kappa shape index (κ2) is 4.57. The fourth-order valence-electron chi connectivity index (χ4n) is 0.959. The Hall–Kier alpha value is -1.17. The lowest BCUT2D eigenvalue weighted by Gasteiger charge is -2.20. The van der Waals surface area contributed by atoms with Gasteiger partial charge in [-0.15, -0.1) is 0 Å². The van der Waals surface area contributed by atoms with Crippen LogP contribution in [-0.2, 0) is 11.2 Å². The van der Waals surface area contributed by atoms with Crippen LogP contribution in [0.1, 0.15) is 33.0 Å². The summed E-state index contributed by atoms with van der Waals surface area (Å²) in [6, 6.07) is 0. The molecule has 1 aromatic rings. The van der Waals surface area contributed by atoms with Crippen molar-refractivity contribution in [2.45, 2.75) is 39.2 Å². The highest BCUT2D eigenvalue weighted by molar-refractivity contribution is 7.09. The van der Waals surface area contributed by atoms with Gasteiger partial charge in [0, 0.05) is 18.0 Å². The summed E-state index contributed by atoms with van der Waals surface area (Å²) in [5.41, 5.74) is 4.45. The molecule has 84 valence electrons. The Labute approximate surface area is 93.3 Å². The molecule has 5 nitrogen and oxygen atoms in total. The quantitative estimate of drug-likeness (QED) is 0.792. The molecule has 0 aliphatic rings. The number of primary amides is 1. The molecular weight excluding hydrogens is 212 g/mol. The molecule has 0 saturated heterocycles. The van der Waals surface area contributed by atoms with E-state index in [1.165, 1.54) is 11.5 Å². The monoisotopic (exact) mass is 228 g/mol. The van der Waals surface area contributed by atoms with E-state index in [0.29, 0.717) is 5.13 Å². The third-order valence-electron chi connectivity index (χ3n) is 1.98. The number of carbonyl (C=O) groups excluding carboxylic acids is 1. The maximum atomic E-state index is 11.1. The Morgan fingerprint density at radius 3 is 2.80 bits per heavy atom. The number of aryl methyl sites for hydroxylation is 1. The van der Waals surface area contributed by atoms with Crippen LogP contribution in [0, 0.1) is 0 Å². The molecule has 0 bridgehead atoms. The maximum Gasteiger partial charge on any atom is 0.242 e. The first-order chi connectivity index (χ1) is 6.95. The zero-order valence-electron chi connectivity index (χ0n) is 9.20. The molecule has 0 radical (unpaired) electrons. The van der Waals surface area contributed by atoms with Gasteiger partial charge in [0.15, 0.2) is 0 Å². The number of aromatic nitrogens is 2. The van der Waals surface area contributed by atoms with Gasteiger partial charge in [-0.2, -0.15) is 4.37 Å². The van der Waals surface area contributed by atoms with Crippen LogP contribution in [0.4, 0.5) is 5.13 Å². The number of nitrogens with two attached hydrogens (primary N) is 1. The standard InChI is InChI=1S/C9H16N4OS/c1-4-5-6-11-8(15-13-6)12-9(2,3)7(10)14/h4-5H2,1-3H3,(H2,10,14)(H,11,12,13). The van der Waals surface area contributed by atoms with Gasteiger partial charge in [0.25, 0.3) is 0 Å². The number of nitrogens with zero attached hydrogens (tertiary/aromatic N) is 2. The maximum absolute atomic E-state index is 11.1. The van der Waals surface area contributed by atoms with Crippen LogP contribution in [0.15, 0.2) is 0 Å². The molecule has 1 heterocycles. The molecule has 0 unspecified atom stereocenters. The number of anilines is 1. The van der Waals surface area contributed by atoms with Crippen molar-refractivity contribution >= 4 is 22.6 Å². The fraction of sp³-hybridized carbons (Fsp3) is 0.667. The van der Waals surface area contributed by atoms with E-state index >= 15 is 0 Å². The summed E-state index contributed by atoms with van der Waals surface area (Å²) in [5, 5.41) is 3.61. The predicted molar refractivity (Wildman–Crippen MR) is 60.8 cm³/mol. The van der Waals surface area contributed by atoms with Crippen LogP contribution in [-0.4, -0.2) is 20.8 Å². The first kappa shape index (κ1) is 11.9. The van der Waals surface area contributed by atoms with Crippen LogP contribution in [0.3, 0.4) is 0 Å². The number of nitrogens with one attached hydrogen (secondary N) is 1. The summed E-state index contributed by atoms with van der Waals surface area (Å²) < 4.78 is 4.17. The first-order valence-electron chi connectivity index (χ1n) is 4.86. The van der Waals surface area contributed by atoms with Gasteiger partial charge in [0.05, 0.1) is 0 Å². The number of hydrogen-bond acceptors (Lipinski definition) is 5. The Morgan fingerprint density at radius 2 is 2.27 bits per heavy atom. The van der Waals surface area contributed by atoms with E-state index in [2.05, 4.69) is 21.6 Å². The third kappa shape index (κ3) is 3.16. The van der Waals surface area contributed by atoms with Crippen LogP contribution in [0.25, 0.3) is 0 Å². The van der Waals surface area contributed by atoms with Gasteiger partial charge in [0.2, 0.25) is 11.0 Å². The number of carbonyl (C=O) groups is 1. The van der Waals surface area contributed by atoms with Crippen molar-refractivity contribution in [3.05, 3.63) is 5.82 Å². The molecule has 0 spiro atoms. The predicted octanol–water partition coefficient (Wildman–Crippen LogP) is 1.17. The van der Waals surface area contributed by atoms with Gasteiger partial charge >= 0.3 is 0 Å². The number of amides is 1. The molecule has 0 fully saturated rings. The zero-order valence-corrected chi connectivity index (χ0v) is 10.0. The van der Waals surface area contributed by atoms with Crippen molar-refractivity contribution in [3.63, 3.8) is 0 Å². The van der Waals surface area contributed by atoms with Crippen LogP contribution < -0.4 is 11.1 Å². The van der Waals surface area contributed by atoms with Gasteiger partial charge in [-0.05, 0) is 20.3 Å². The molecule has 1 rings (SSSR count). The minimum atomic E-state index is -0.789. The van der Waals surface area contributed by atoms with Crippen molar-refractivity contribution in [1.82, 2.24) is 9.36 Å². The zero-order chi connectivity index (χ0) is 11.5. The molecular formula is C9H16N4OS. The summed E-state index contributed by atoms with van der Waals surface area (Å²) in [6.45, 7) is 5.51. The van der Waals surface area contributed by atoms with E-state index in [-0.39, 0.29) is 0 Å². The van der Waals surface area contributed by atoms with Gasteiger partial charge in [-0.3, -0.25) is 4.79 Å². The van der Waals surface area contributed by atoms with Crippen LogP contribution in [0.5, 0.6) is 0 Å². The Bertz CT molecular complexity index is 348. The van der Waals surface area contributed by atoms with E-state index in [0.717, 1.165) is 18.7 Å². The smallest absolute Gasteiger partial charge is 0.242 e. The second-order valence-corrected chi connectivity index (χ2v) is 4.63. The summed E-state index contributed by atoms with van der Waals surface area (Å²) in [7, 11) is 0. The second-order valence-electron chi connectivity index (χ2n) is 3.88. The van der Waals surface area contributed by atoms with Crippen molar-refractivity contribution in [2.24, 2.45) is 5.73 Å². The average Bonchev–Trinajstić information content (AvgIpc) is 2.52. The molecule has 3 N–H and O–H groups in total. The molecule has 0 aliphatic carbocycles. The third-order valence-corrected chi connectivity index (χ3v) is 2.65. The molecule has 0 saturated carbocycles. The van der Waals surface area contributed by atoms with E-state index in [4.69, 9.17) is 5.73 Å². The molecule has 0 aliphatic heterocycles. The largest absolute Gasteiger partial charge is 0.368 e. The molecule has 0 atom stereocenters. The normalized spacial score (nSPS) is 11.4. The van der Waals surface area contributed by atoms with Gasteiger partial charge in [-0.25, -0.2) is 4.98 Å². The lowest BCUT2D eigenvalue weighted by molar-refractivity contribution is -0.121. The number of hydrogen-bond donors (Lipinski definition) is 2. The Balaban J connectivity index is 2.68. The Morgan fingerprint density at radius 1 is 1.60 bits per heavy atom. The average molecular weight is 228 g/mol. The van der Waals surface area contributed by atoms with Crippen molar-refractivity contribution in [1.29, 1.82) is 0 Å². The minimum Gasteiger partial charge on any atom is -0.368 e. The summed E-state index contributed by atoms with van der Waals surface area (Å²) >= 11 is 1.25. The first-order valence-corrected chi connectivity index (χ1v) is 5.63. The molecule has 15 heavy (non-hydrogen) atoms. The highest BCUT2D eigenvalue weighted by Gasteiger charge is 2.25. The van der Waals surface area contributed by atoms with Crippen molar-refractivity contribution < 1.29 is 4.79 Å². The van der Waals surface area contributed by atoms with Gasteiger partial charge in [0.1, 0.15) is 11.4 Å². The Kier molecular flexibility index (Phi) is 3.62. The molecule has 1 aromatic heterocycles. The highest BCUT2D eigenvalue weighted by Crippen LogP contribution is 2.17. The topological polar surface area (TPSA) is 80.9 Å². The minimum absolute atomic E-state index is 0.408. The lowest BCUT2D eigenvalue weighted by Crippen LogP contribution is -2.44. The van der Waals surface area contributed by atoms with Gasteiger partial charge < -0.3 is 11.1 Å². The SMILES string of the molecule is CCCc1nsc(NC(C)(C)C(N)=O)n1. The van der Waals surface area contributed by atoms with Crippen LogP contribution in [0.2, 0.25) is 0 Å². The van der Waals surface area contributed by atoms with E-state index < -0.39 is 11.4 Å². The van der Waals surface area contributed by atoms with Crippen LogP contribution >= 0.6 is 11.5 Å². The van der Waals surface area contributed by atoms with Crippen molar-refractivity contribution in [2.75, 3.05) is 5.32 Å². The van der Waals surface area contributed by atoms with Crippen molar-refractivity contribution in [3.8, 4) is 0 Å². The van der Waals surface area contributed by atoms with Gasteiger partial charge in [-0.1, -0.05) is 6.92 Å². The lowest BCUT2D eigenvalue weighted by atomic mass is 10.1.